The molecule has 0 saturated heterocycles. The highest BCUT2D eigenvalue weighted by Crippen LogP contribution is 2.26. The zero-order valence-electron chi connectivity index (χ0n) is 7.06. The molecule has 4 N–H and O–H groups in total. The molecule has 0 bridgehead atoms. The first-order chi connectivity index (χ1) is 4.19. The van der Waals surface area contributed by atoms with E-state index in [1.807, 2.05) is 20.8 Å². The second-order valence-electron chi connectivity index (χ2n) is 3.82. The minimum Gasteiger partial charge on any atom is -0.368 e. The standard InChI is InChI=1S/C7H16N2O/c1-6(2,3)7(4,9)5(8)10/h9H2,1-4H3,(H2,8,10)/t7-/m0/s1. The summed E-state index contributed by atoms with van der Waals surface area (Å²) < 4.78 is 0. The third-order valence-corrected chi connectivity index (χ3v) is 2.07. The smallest absolute Gasteiger partial charge is 0.237 e. The highest BCUT2D eigenvalue weighted by atomic mass is 16.1. The molecule has 0 aliphatic heterocycles. The van der Waals surface area contributed by atoms with Crippen LogP contribution < -0.4 is 11.5 Å². The van der Waals surface area contributed by atoms with Gasteiger partial charge in [-0.1, -0.05) is 20.8 Å². The highest BCUT2D eigenvalue weighted by Gasteiger charge is 2.38. The Labute approximate surface area is 61.8 Å². The Morgan fingerprint density at radius 2 is 1.50 bits per heavy atom. The Morgan fingerprint density at radius 3 is 1.50 bits per heavy atom. The van der Waals surface area contributed by atoms with Crippen molar-refractivity contribution in [2.24, 2.45) is 16.9 Å². The summed E-state index contributed by atoms with van der Waals surface area (Å²) in [7, 11) is 0. The van der Waals surface area contributed by atoms with Crippen LogP contribution >= 0.6 is 0 Å². The van der Waals surface area contributed by atoms with Gasteiger partial charge in [-0.15, -0.1) is 0 Å². The summed E-state index contributed by atoms with van der Waals surface area (Å²) in [5, 5.41) is 0. The predicted molar refractivity (Wildman–Crippen MR) is 41.2 cm³/mol. The van der Waals surface area contributed by atoms with E-state index in [2.05, 4.69) is 0 Å². The van der Waals surface area contributed by atoms with Gasteiger partial charge in [0.1, 0.15) is 0 Å². The van der Waals surface area contributed by atoms with E-state index in [9.17, 15) is 4.79 Å². The number of hydrogen-bond acceptors (Lipinski definition) is 2. The van der Waals surface area contributed by atoms with Gasteiger partial charge in [0, 0.05) is 0 Å². The molecule has 1 amide bonds. The Kier molecular flexibility index (Phi) is 2.11. The summed E-state index contributed by atoms with van der Waals surface area (Å²) in [6.45, 7) is 7.31. The Hall–Kier alpha value is -0.570. The molecule has 0 aromatic rings. The fraction of sp³-hybridized carbons (Fsp3) is 0.857. The second kappa shape index (κ2) is 2.23. The third-order valence-electron chi connectivity index (χ3n) is 2.07. The summed E-state index contributed by atoms with van der Waals surface area (Å²) in [6, 6.07) is 0. The molecule has 1 atom stereocenters. The topological polar surface area (TPSA) is 69.1 Å². The van der Waals surface area contributed by atoms with Crippen LogP contribution in [0.4, 0.5) is 0 Å². The molecule has 0 aromatic heterocycles. The number of hydrogen-bond donors (Lipinski definition) is 2. The van der Waals surface area contributed by atoms with Gasteiger partial charge in [-0.3, -0.25) is 4.79 Å². The van der Waals surface area contributed by atoms with E-state index in [0.717, 1.165) is 0 Å². The Bertz CT molecular complexity index is 144. The van der Waals surface area contributed by atoms with Crippen LogP contribution in [0, 0.1) is 5.41 Å². The zero-order valence-corrected chi connectivity index (χ0v) is 7.06. The summed E-state index contributed by atoms with van der Waals surface area (Å²) >= 11 is 0. The van der Waals surface area contributed by atoms with Crippen LogP contribution in [0.15, 0.2) is 0 Å². The number of rotatable bonds is 1. The maximum atomic E-state index is 10.8. The van der Waals surface area contributed by atoms with Crippen molar-refractivity contribution in [2.75, 3.05) is 0 Å². The minimum absolute atomic E-state index is 0.279. The van der Waals surface area contributed by atoms with Crippen molar-refractivity contribution in [1.82, 2.24) is 0 Å². The van der Waals surface area contributed by atoms with Crippen molar-refractivity contribution in [1.29, 1.82) is 0 Å². The van der Waals surface area contributed by atoms with Crippen LogP contribution in [0.3, 0.4) is 0 Å². The molecule has 0 fully saturated rings. The largest absolute Gasteiger partial charge is 0.368 e. The van der Waals surface area contributed by atoms with Gasteiger partial charge in [0.05, 0.1) is 5.54 Å². The quantitative estimate of drug-likeness (QED) is 0.553. The third kappa shape index (κ3) is 1.48. The molecule has 60 valence electrons. The number of primary amides is 1. The predicted octanol–water partition coefficient (Wildman–Crippen LogP) is 0.235. The van der Waals surface area contributed by atoms with E-state index in [4.69, 9.17) is 11.5 Å². The SMILES string of the molecule is CC(C)(C)[C@@](C)(N)C(N)=O. The molecule has 0 aromatic carbocycles. The molecule has 0 rings (SSSR count). The molecule has 0 aliphatic carbocycles. The van der Waals surface area contributed by atoms with Crippen LogP contribution in [-0.4, -0.2) is 11.4 Å². The number of amides is 1. The first-order valence-electron chi connectivity index (χ1n) is 3.28. The molecular weight excluding hydrogens is 128 g/mol. The molecule has 0 aliphatic rings. The molecule has 0 heterocycles. The van der Waals surface area contributed by atoms with Crippen molar-refractivity contribution in [3.05, 3.63) is 0 Å². The van der Waals surface area contributed by atoms with Gasteiger partial charge < -0.3 is 11.5 Å². The first-order valence-corrected chi connectivity index (χ1v) is 3.28. The molecule has 0 radical (unpaired) electrons. The summed E-state index contributed by atoms with van der Waals surface area (Å²) in [4.78, 5) is 10.8. The van der Waals surface area contributed by atoms with Crippen molar-refractivity contribution >= 4 is 5.91 Å². The van der Waals surface area contributed by atoms with E-state index in [-0.39, 0.29) is 5.41 Å². The van der Waals surface area contributed by atoms with Crippen LogP contribution in [0.1, 0.15) is 27.7 Å². The lowest BCUT2D eigenvalue weighted by atomic mass is 9.75. The lowest BCUT2D eigenvalue weighted by Gasteiger charge is -2.35. The molecule has 0 unspecified atom stereocenters. The molecule has 0 saturated carbocycles. The van der Waals surface area contributed by atoms with Crippen LogP contribution in [-0.2, 0) is 4.79 Å². The minimum atomic E-state index is -0.924. The van der Waals surface area contributed by atoms with Crippen molar-refractivity contribution < 1.29 is 4.79 Å². The fourth-order valence-electron chi connectivity index (χ4n) is 0.370. The van der Waals surface area contributed by atoms with Gasteiger partial charge in [0.25, 0.3) is 0 Å². The van der Waals surface area contributed by atoms with Crippen LogP contribution in [0.5, 0.6) is 0 Å². The van der Waals surface area contributed by atoms with Gasteiger partial charge in [-0.05, 0) is 12.3 Å². The highest BCUT2D eigenvalue weighted by molar-refractivity contribution is 5.84. The fourth-order valence-corrected chi connectivity index (χ4v) is 0.370. The lowest BCUT2D eigenvalue weighted by Crippen LogP contribution is -2.58. The van der Waals surface area contributed by atoms with Gasteiger partial charge in [-0.25, -0.2) is 0 Å². The molecule has 10 heavy (non-hydrogen) atoms. The number of nitrogens with two attached hydrogens (primary N) is 2. The van der Waals surface area contributed by atoms with E-state index in [1.54, 1.807) is 6.92 Å². The average Bonchev–Trinajstić information content (AvgIpc) is 1.62. The van der Waals surface area contributed by atoms with Crippen LogP contribution in [0.25, 0.3) is 0 Å². The number of carbonyl (C=O) groups is 1. The normalized spacial score (nSPS) is 18.1. The van der Waals surface area contributed by atoms with Gasteiger partial charge in [-0.2, -0.15) is 0 Å². The maximum Gasteiger partial charge on any atom is 0.237 e. The monoisotopic (exact) mass is 144 g/mol. The summed E-state index contributed by atoms with van der Waals surface area (Å²) in [6.07, 6.45) is 0. The second-order valence-corrected chi connectivity index (χ2v) is 3.82. The average molecular weight is 144 g/mol. The van der Waals surface area contributed by atoms with Gasteiger partial charge in [0.2, 0.25) is 5.91 Å². The van der Waals surface area contributed by atoms with Crippen molar-refractivity contribution in [3.63, 3.8) is 0 Å². The summed E-state index contributed by atoms with van der Waals surface area (Å²) in [5.41, 5.74) is 9.55. The van der Waals surface area contributed by atoms with E-state index in [1.165, 1.54) is 0 Å². The van der Waals surface area contributed by atoms with Crippen LogP contribution in [0.2, 0.25) is 0 Å². The molecule has 3 heteroatoms. The van der Waals surface area contributed by atoms with E-state index < -0.39 is 11.4 Å². The zero-order chi connectivity index (χ0) is 8.58. The molecule has 0 spiro atoms. The number of carbonyl (C=O) groups excluding carboxylic acids is 1. The van der Waals surface area contributed by atoms with Crippen molar-refractivity contribution in [2.45, 2.75) is 33.2 Å². The van der Waals surface area contributed by atoms with Gasteiger partial charge >= 0.3 is 0 Å². The Morgan fingerprint density at radius 1 is 1.20 bits per heavy atom. The van der Waals surface area contributed by atoms with E-state index >= 15 is 0 Å². The Balaban J connectivity index is 4.57. The van der Waals surface area contributed by atoms with Gasteiger partial charge in [0.15, 0.2) is 0 Å². The van der Waals surface area contributed by atoms with E-state index in [0.29, 0.717) is 0 Å². The first kappa shape index (κ1) is 9.43. The molecular formula is C7H16N2O. The molecule has 3 nitrogen and oxygen atoms in total. The lowest BCUT2D eigenvalue weighted by molar-refractivity contribution is -0.126. The maximum absolute atomic E-state index is 10.8. The van der Waals surface area contributed by atoms with Crippen molar-refractivity contribution in [3.8, 4) is 0 Å². The summed E-state index contributed by atoms with van der Waals surface area (Å²) in [5.74, 6) is -0.458.